The molecule has 1 amide bonds. The molecule has 1 fully saturated rings. The van der Waals surface area contributed by atoms with Gasteiger partial charge in [-0.15, -0.1) is 0 Å². The maximum absolute atomic E-state index is 11.9. The van der Waals surface area contributed by atoms with Crippen molar-refractivity contribution >= 4 is 46.4 Å². The van der Waals surface area contributed by atoms with Crippen LogP contribution < -0.4 is 10.6 Å². The molecule has 0 spiro atoms. The Morgan fingerprint density at radius 2 is 2.00 bits per heavy atom. The molecule has 0 radical (unpaired) electrons. The third-order valence-electron chi connectivity index (χ3n) is 3.46. The van der Waals surface area contributed by atoms with Gasteiger partial charge >= 0.3 is 0 Å². The Labute approximate surface area is 134 Å². The summed E-state index contributed by atoms with van der Waals surface area (Å²) >= 11 is 17.8. The van der Waals surface area contributed by atoms with Crippen molar-refractivity contribution in [1.82, 2.24) is 5.32 Å². The van der Waals surface area contributed by atoms with E-state index in [4.69, 9.17) is 34.8 Å². The SMILES string of the molecule is O=C(CCC1CCCNC1)Nc1cc(Cl)c(Cl)cc1Cl. The molecule has 0 bridgehead atoms. The first-order valence-corrected chi connectivity index (χ1v) is 7.85. The molecule has 20 heavy (non-hydrogen) atoms. The number of nitrogens with one attached hydrogen (secondary N) is 2. The lowest BCUT2D eigenvalue weighted by Crippen LogP contribution is -2.30. The molecular weight excluding hydrogens is 319 g/mol. The summed E-state index contributed by atoms with van der Waals surface area (Å²) in [5.41, 5.74) is 0.507. The zero-order valence-corrected chi connectivity index (χ0v) is 13.3. The van der Waals surface area contributed by atoms with E-state index in [0.29, 0.717) is 33.1 Å². The van der Waals surface area contributed by atoms with Gasteiger partial charge in [-0.05, 0) is 50.4 Å². The van der Waals surface area contributed by atoms with Gasteiger partial charge < -0.3 is 10.6 Å². The van der Waals surface area contributed by atoms with Crippen LogP contribution in [0.25, 0.3) is 0 Å². The molecule has 1 aliphatic heterocycles. The lowest BCUT2D eigenvalue weighted by Gasteiger charge is -2.22. The fourth-order valence-electron chi connectivity index (χ4n) is 2.34. The van der Waals surface area contributed by atoms with Crippen LogP contribution in [0.5, 0.6) is 0 Å². The molecule has 110 valence electrons. The predicted octanol–water partition coefficient (Wildman–Crippen LogP) is 4.37. The van der Waals surface area contributed by atoms with Crippen LogP contribution in [0.15, 0.2) is 12.1 Å². The van der Waals surface area contributed by atoms with Gasteiger partial charge in [0.05, 0.1) is 20.8 Å². The maximum Gasteiger partial charge on any atom is 0.224 e. The van der Waals surface area contributed by atoms with Gasteiger partial charge in [-0.1, -0.05) is 34.8 Å². The molecule has 1 heterocycles. The van der Waals surface area contributed by atoms with Gasteiger partial charge in [-0.25, -0.2) is 0 Å². The van der Waals surface area contributed by atoms with Crippen LogP contribution in [0.3, 0.4) is 0 Å². The lowest BCUT2D eigenvalue weighted by molar-refractivity contribution is -0.116. The molecule has 1 saturated heterocycles. The number of carbonyl (C=O) groups is 1. The average molecular weight is 336 g/mol. The van der Waals surface area contributed by atoms with E-state index in [-0.39, 0.29) is 5.91 Å². The molecule has 3 nitrogen and oxygen atoms in total. The minimum atomic E-state index is -0.0455. The molecule has 1 aromatic carbocycles. The Bertz CT molecular complexity index is 488. The van der Waals surface area contributed by atoms with Gasteiger partial charge in [0.25, 0.3) is 0 Å². The highest BCUT2D eigenvalue weighted by Gasteiger charge is 2.15. The molecule has 2 N–H and O–H groups in total. The zero-order valence-electron chi connectivity index (χ0n) is 11.0. The number of piperidine rings is 1. The fourth-order valence-corrected chi connectivity index (χ4v) is 2.93. The number of anilines is 1. The van der Waals surface area contributed by atoms with E-state index in [9.17, 15) is 4.79 Å². The third-order valence-corrected chi connectivity index (χ3v) is 4.50. The molecule has 1 aromatic rings. The highest BCUT2D eigenvalue weighted by Crippen LogP contribution is 2.32. The molecular formula is C14H17Cl3N2O. The second-order valence-corrected chi connectivity index (χ2v) is 6.27. The van der Waals surface area contributed by atoms with E-state index in [2.05, 4.69) is 10.6 Å². The van der Waals surface area contributed by atoms with Crippen molar-refractivity contribution in [3.63, 3.8) is 0 Å². The molecule has 1 atom stereocenters. The first-order chi connectivity index (χ1) is 9.56. The molecule has 0 aliphatic carbocycles. The summed E-state index contributed by atoms with van der Waals surface area (Å²) in [7, 11) is 0. The minimum absolute atomic E-state index is 0.0455. The van der Waals surface area contributed by atoms with Crippen LogP contribution >= 0.6 is 34.8 Å². The van der Waals surface area contributed by atoms with Crippen molar-refractivity contribution in [2.45, 2.75) is 25.7 Å². The largest absolute Gasteiger partial charge is 0.325 e. The second kappa shape index (κ2) is 7.51. The summed E-state index contributed by atoms with van der Waals surface area (Å²) in [5.74, 6) is 0.537. The Kier molecular flexibility index (Phi) is 5.97. The highest BCUT2D eigenvalue weighted by atomic mass is 35.5. The predicted molar refractivity (Wildman–Crippen MR) is 84.9 cm³/mol. The second-order valence-electron chi connectivity index (χ2n) is 5.05. The monoisotopic (exact) mass is 334 g/mol. The summed E-state index contributed by atoms with van der Waals surface area (Å²) in [4.78, 5) is 11.9. The number of amides is 1. The Morgan fingerprint density at radius 1 is 1.25 bits per heavy atom. The van der Waals surface area contributed by atoms with Gasteiger partial charge in [0.2, 0.25) is 5.91 Å². The number of hydrogen-bond acceptors (Lipinski definition) is 2. The molecule has 6 heteroatoms. The molecule has 0 saturated carbocycles. The van der Waals surface area contributed by atoms with Crippen molar-refractivity contribution < 1.29 is 4.79 Å². The Balaban J connectivity index is 1.86. The first-order valence-electron chi connectivity index (χ1n) is 6.71. The summed E-state index contributed by atoms with van der Waals surface area (Å²) in [5, 5.41) is 7.28. The Morgan fingerprint density at radius 3 is 2.70 bits per heavy atom. The van der Waals surface area contributed by atoms with E-state index in [0.717, 1.165) is 19.5 Å². The number of hydrogen-bond donors (Lipinski definition) is 2. The molecule has 1 aliphatic rings. The van der Waals surface area contributed by atoms with Gasteiger partial charge in [-0.3, -0.25) is 4.79 Å². The van der Waals surface area contributed by atoms with Gasteiger partial charge in [-0.2, -0.15) is 0 Å². The summed E-state index contributed by atoms with van der Waals surface area (Å²) in [6, 6.07) is 3.11. The fraction of sp³-hybridized carbons (Fsp3) is 0.500. The number of benzene rings is 1. The summed E-state index contributed by atoms with van der Waals surface area (Å²) in [6.07, 6.45) is 3.75. The van der Waals surface area contributed by atoms with E-state index in [1.807, 2.05) is 0 Å². The third kappa shape index (κ3) is 4.52. The van der Waals surface area contributed by atoms with Crippen molar-refractivity contribution in [2.24, 2.45) is 5.92 Å². The van der Waals surface area contributed by atoms with Crippen molar-refractivity contribution in [1.29, 1.82) is 0 Å². The average Bonchev–Trinajstić information content (AvgIpc) is 2.44. The van der Waals surface area contributed by atoms with Crippen LogP contribution in [0.1, 0.15) is 25.7 Å². The first kappa shape index (κ1) is 15.9. The summed E-state index contributed by atoms with van der Waals surface area (Å²) in [6.45, 7) is 2.09. The molecule has 0 aromatic heterocycles. The van der Waals surface area contributed by atoms with Crippen molar-refractivity contribution in [3.8, 4) is 0 Å². The maximum atomic E-state index is 11.9. The smallest absolute Gasteiger partial charge is 0.224 e. The topological polar surface area (TPSA) is 41.1 Å². The summed E-state index contributed by atoms with van der Waals surface area (Å²) < 4.78 is 0. The van der Waals surface area contributed by atoms with Crippen LogP contribution in [0, 0.1) is 5.92 Å². The van der Waals surface area contributed by atoms with Crippen LogP contribution in [0.4, 0.5) is 5.69 Å². The standard InChI is InChI=1S/C14H17Cl3N2O/c15-10-6-12(17)13(7-11(10)16)19-14(20)4-3-9-2-1-5-18-8-9/h6-7,9,18H,1-5,8H2,(H,19,20). The molecule has 2 rings (SSSR count). The quantitative estimate of drug-likeness (QED) is 0.802. The number of rotatable bonds is 4. The van der Waals surface area contributed by atoms with E-state index < -0.39 is 0 Å². The number of carbonyl (C=O) groups excluding carboxylic acids is 1. The van der Waals surface area contributed by atoms with Gasteiger partial charge in [0.15, 0.2) is 0 Å². The number of halogens is 3. The van der Waals surface area contributed by atoms with E-state index >= 15 is 0 Å². The van der Waals surface area contributed by atoms with Crippen LogP contribution in [-0.4, -0.2) is 19.0 Å². The van der Waals surface area contributed by atoms with Crippen LogP contribution in [0.2, 0.25) is 15.1 Å². The van der Waals surface area contributed by atoms with Gasteiger partial charge in [0, 0.05) is 6.42 Å². The normalized spacial score (nSPS) is 18.9. The zero-order chi connectivity index (χ0) is 14.5. The van der Waals surface area contributed by atoms with Gasteiger partial charge in [0.1, 0.15) is 0 Å². The lowest BCUT2D eigenvalue weighted by atomic mass is 9.94. The Hall–Kier alpha value is -0.480. The van der Waals surface area contributed by atoms with Crippen LogP contribution in [-0.2, 0) is 4.79 Å². The van der Waals surface area contributed by atoms with E-state index in [1.54, 1.807) is 6.07 Å². The minimum Gasteiger partial charge on any atom is -0.325 e. The van der Waals surface area contributed by atoms with Crippen molar-refractivity contribution in [2.75, 3.05) is 18.4 Å². The highest BCUT2D eigenvalue weighted by molar-refractivity contribution is 6.44. The van der Waals surface area contributed by atoms with E-state index in [1.165, 1.54) is 18.9 Å². The van der Waals surface area contributed by atoms with Crippen molar-refractivity contribution in [3.05, 3.63) is 27.2 Å². The molecule has 1 unspecified atom stereocenters.